The number of aromatic nitrogens is 2. The van der Waals surface area contributed by atoms with Crippen LogP contribution in [0.25, 0.3) is 11.8 Å². The van der Waals surface area contributed by atoms with Crippen LogP contribution in [0, 0.1) is 0 Å². The number of nitrogens with one attached hydrogen (secondary N) is 1. The highest BCUT2D eigenvalue weighted by Crippen LogP contribution is 2.38. The molecule has 1 N–H and O–H groups in total. The topological polar surface area (TPSA) is 94.9 Å². The number of benzene rings is 2. The SMILES string of the molecule is CCN(CC)C(=O)c1cnn(-c2ccccc2)c1NC(=O)/C=C/c1cc(OC)c(OC)c(OC)c1. The maximum Gasteiger partial charge on any atom is 0.259 e. The summed E-state index contributed by atoms with van der Waals surface area (Å²) in [6, 6.07) is 12.8. The van der Waals surface area contributed by atoms with Crippen molar-refractivity contribution in [3.05, 3.63) is 65.9 Å². The Morgan fingerprint density at radius 2 is 1.63 bits per heavy atom. The molecule has 2 aromatic carbocycles. The number of hydrogen-bond acceptors (Lipinski definition) is 6. The monoisotopic (exact) mass is 478 g/mol. The van der Waals surface area contributed by atoms with E-state index in [-0.39, 0.29) is 5.91 Å². The molecule has 0 saturated carbocycles. The van der Waals surface area contributed by atoms with Gasteiger partial charge in [-0.2, -0.15) is 5.10 Å². The molecule has 2 amide bonds. The standard InChI is InChI=1S/C26H30N4O5/c1-6-29(7-2)26(32)20-17-27-30(19-11-9-8-10-12-19)25(20)28-23(31)14-13-18-15-21(33-3)24(35-5)22(16-18)34-4/h8-17H,6-7H2,1-5H3,(H,28,31)/b14-13+. The molecule has 0 saturated heterocycles. The molecule has 0 fully saturated rings. The van der Waals surface area contributed by atoms with Crippen LogP contribution in [0.3, 0.4) is 0 Å². The summed E-state index contributed by atoms with van der Waals surface area (Å²) >= 11 is 0. The van der Waals surface area contributed by atoms with Gasteiger partial charge in [-0.25, -0.2) is 4.68 Å². The smallest absolute Gasteiger partial charge is 0.259 e. The summed E-state index contributed by atoms with van der Waals surface area (Å²) in [7, 11) is 4.57. The zero-order chi connectivity index (χ0) is 25.4. The van der Waals surface area contributed by atoms with E-state index in [1.165, 1.54) is 33.6 Å². The summed E-state index contributed by atoms with van der Waals surface area (Å²) < 4.78 is 17.6. The number of anilines is 1. The molecule has 3 rings (SSSR count). The number of rotatable bonds is 10. The number of carbonyl (C=O) groups excluding carboxylic acids is 2. The van der Waals surface area contributed by atoms with Crippen LogP contribution >= 0.6 is 0 Å². The quantitative estimate of drug-likeness (QED) is 0.442. The van der Waals surface area contributed by atoms with E-state index < -0.39 is 5.91 Å². The van der Waals surface area contributed by atoms with Gasteiger partial charge in [0.15, 0.2) is 11.5 Å². The fourth-order valence-electron chi connectivity index (χ4n) is 3.60. The van der Waals surface area contributed by atoms with Crippen LogP contribution in [-0.4, -0.2) is 60.9 Å². The lowest BCUT2D eigenvalue weighted by molar-refractivity contribution is -0.111. The highest BCUT2D eigenvalue weighted by molar-refractivity contribution is 6.07. The fraction of sp³-hybridized carbons (Fsp3) is 0.269. The van der Waals surface area contributed by atoms with Gasteiger partial charge in [0.25, 0.3) is 5.91 Å². The van der Waals surface area contributed by atoms with Gasteiger partial charge in [0.05, 0.1) is 33.2 Å². The number of hydrogen-bond donors (Lipinski definition) is 1. The Kier molecular flexibility index (Phi) is 8.50. The van der Waals surface area contributed by atoms with Gasteiger partial charge in [-0.3, -0.25) is 9.59 Å². The van der Waals surface area contributed by atoms with Crippen molar-refractivity contribution < 1.29 is 23.8 Å². The first-order valence-electron chi connectivity index (χ1n) is 11.2. The van der Waals surface area contributed by atoms with Gasteiger partial charge in [0.2, 0.25) is 11.7 Å². The molecular formula is C26H30N4O5. The van der Waals surface area contributed by atoms with Crippen molar-refractivity contribution in [2.75, 3.05) is 39.7 Å². The van der Waals surface area contributed by atoms with Crippen molar-refractivity contribution in [2.24, 2.45) is 0 Å². The van der Waals surface area contributed by atoms with Crippen LogP contribution in [-0.2, 0) is 4.79 Å². The minimum absolute atomic E-state index is 0.207. The number of amides is 2. The number of methoxy groups -OCH3 is 3. The second-order valence-corrected chi connectivity index (χ2v) is 7.41. The highest BCUT2D eigenvalue weighted by atomic mass is 16.5. The van der Waals surface area contributed by atoms with E-state index in [1.807, 2.05) is 44.2 Å². The molecular weight excluding hydrogens is 448 g/mol. The maximum absolute atomic E-state index is 13.1. The Balaban J connectivity index is 1.94. The molecule has 0 bridgehead atoms. The summed E-state index contributed by atoms with van der Waals surface area (Å²) in [6.45, 7) is 4.89. The van der Waals surface area contributed by atoms with Gasteiger partial charge >= 0.3 is 0 Å². The van der Waals surface area contributed by atoms with E-state index in [4.69, 9.17) is 14.2 Å². The van der Waals surface area contributed by atoms with Gasteiger partial charge < -0.3 is 24.4 Å². The lowest BCUT2D eigenvalue weighted by atomic mass is 10.1. The molecule has 184 valence electrons. The molecule has 0 unspecified atom stereocenters. The van der Waals surface area contributed by atoms with Gasteiger partial charge in [0.1, 0.15) is 11.4 Å². The van der Waals surface area contributed by atoms with Crippen LogP contribution in [0.4, 0.5) is 5.82 Å². The Morgan fingerprint density at radius 1 is 1.00 bits per heavy atom. The third kappa shape index (κ3) is 5.63. The summed E-state index contributed by atoms with van der Waals surface area (Å²) in [4.78, 5) is 27.7. The van der Waals surface area contributed by atoms with Crippen LogP contribution in [0.15, 0.2) is 54.7 Å². The second-order valence-electron chi connectivity index (χ2n) is 7.41. The molecule has 35 heavy (non-hydrogen) atoms. The Morgan fingerprint density at radius 3 is 2.17 bits per heavy atom. The van der Waals surface area contributed by atoms with Crippen molar-refractivity contribution in [1.29, 1.82) is 0 Å². The molecule has 0 atom stereocenters. The first-order chi connectivity index (χ1) is 17.0. The summed E-state index contributed by atoms with van der Waals surface area (Å²) in [5.41, 5.74) is 1.70. The Labute approximate surface area is 204 Å². The zero-order valence-electron chi connectivity index (χ0n) is 20.6. The average Bonchev–Trinajstić information content (AvgIpc) is 3.31. The molecule has 9 heteroatoms. The minimum atomic E-state index is -0.426. The Hall–Kier alpha value is -4.27. The first kappa shape index (κ1) is 25.4. The van der Waals surface area contributed by atoms with Crippen molar-refractivity contribution >= 4 is 23.7 Å². The van der Waals surface area contributed by atoms with Gasteiger partial charge in [0, 0.05) is 19.2 Å². The lowest BCUT2D eigenvalue weighted by Gasteiger charge is -2.19. The van der Waals surface area contributed by atoms with E-state index in [1.54, 1.807) is 27.8 Å². The van der Waals surface area contributed by atoms with Crippen molar-refractivity contribution in [1.82, 2.24) is 14.7 Å². The van der Waals surface area contributed by atoms with Crippen LogP contribution < -0.4 is 19.5 Å². The van der Waals surface area contributed by atoms with Gasteiger partial charge in [-0.05, 0) is 49.8 Å². The summed E-state index contributed by atoms with van der Waals surface area (Å²) in [5, 5.41) is 7.21. The van der Waals surface area contributed by atoms with E-state index in [0.717, 1.165) is 5.69 Å². The van der Waals surface area contributed by atoms with Gasteiger partial charge in [-0.1, -0.05) is 18.2 Å². The molecule has 0 spiro atoms. The lowest BCUT2D eigenvalue weighted by Crippen LogP contribution is -2.31. The van der Waals surface area contributed by atoms with E-state index in [2.05, 4.69) is 10.4 Å². The van der Waals surface area contributed by atoms with E-state index in [9.17, 15) is 9.59 Å². The third-order valence-corrected chi connectivity index (χ3v) is 5.41. The zero-order valence-corrected chi connectivity index (χ0v) is 20.6. The molecule has 0 aliphatic heterocycles. The third-order valence-electron chi connectivity index (χ3n) is 5.41. The van der Waals surface area contributed by atoms with Crippen LogP contribution in [0.2, 0.25) is 0 Å². The normalized spacial score (nSPS) is 10.8. The van der Waals surface area contributed by atoms with Crippen LogP contribution in [0.5, 0.6) is 17.2 Å². The molecule has 1 heterocycles. The maximum atomic E-state index is 13.1. The van der Waals surface area contributed by atoms with Gasteiger partial charge in [-0.15, -0.1) is 0 Å². The number of ether oxygens (including phenoxy) is 3. The summed E-state index contributed by atoms with van der Waals surface area (Å²) in [5.74, 6) is 1.07. The van der Waals surface area contributed by atoms with E-state index >= 15 is 0 Å². The molecule has 0 aliphatic carbocycles. The number of nitrogens with zero attached hydrogens (tertiary/aromatic N) is 3. The molecule has 0 aliphatic rings. The highest BCUT2D eigenvalue weighted by Gasteiger charge is 2.23. The molecule has 1 aromatic heterocycles. The van der Waals surface area contributed by atoms with Crippen molar-refractivity contribution in [3.8, 4) is 22.9 Å². The molecule has 3 aromatic rings. The summed E-state index contributed by atoms with van der Waals surface area (Å²) in [6.07, 6.45) is 4.47. The fourth-order valence-corrected chi connectivity index (χ4v) is 3.60. The predicted octanol–water partition coefficient (Wildman–Crippen LogP) is 4.03. The predicted molar refractivity (Wildman–Crippen MR) is 135 cm³/mol. The van der Waals surface area contributed by atoms with Crippen LogP contribution in [0.1, 0.15) is 29.8 Å². The van der Waals surface area contributed by atoms with E-state index in [0.29, 0.717) is 47.3 Å². The first-order valence-corrected chi connectivity index (χ1v) is 11.2. The number of carbonyl (C=O) groups is 2. The van der Waals surface area contributed by atoms with Crippen molar-refractivity contribution in [3.63, 3.8) is 0 Å². The largest absolute Gasteiger partial charge is 0.493 e. The Bertz CT molecular complexity index is 1170. The molecule has 9 nitrogen and oxygen atoms in total. The second kappa shape index (κ2) is 11.7. The number of para-hydroxylation sites is 1. The molecule has 0 radical (unpaired) electrons. The average molecular weight is 479 g/mol. The van der Waals surface area contributed by atoms with Crippen molar-refractivity contribution in [2.45, 2.75) is 13.8 Å². The minimum Gasteiger partial charge on any atom is -0.493 e.